The Balaban J connectivity index is 1.42. The van der Waals surface area contributed by atoms with Crippen LogP contribution in [-0.4, -0.2) is 31.8 Å². The van der Waals surface area contributed by atoms with Gasteiger partial charge >= 0.3 is 0 Å². The smallest absolute Gasteiger partial charge is 0.254 e. The number of sulfonamides is 1. The molecule has 0 bridgehead atoms. The summed E-state index contributed by atoms with van der Waals surface area (Å²) in [5.41, 5.74) is 2.80. The maximum Gasteiger partial charge on any atom is 0.254 e. The van der Waals surface area contributed by atoms with Gasteiger partial charge in [0, 0.05) is 29.6 Å². The van der Waals surface area contributed by atoms with Crippen LogP contribution in [0.5, 0.6) is 0 Å². The quantitative estimate of drug-likeness (QED) is 0.522. The van der Waals surface area contributed by atoms with Gasteiger partial charge in [-0.2, -0.15) is 0 Å². The fourth-order valence-corrected chi connectivity index (χ4v) is 5.17. The van der Waals surface area contributed by atoms with Crippen LogP contribution in [0.25, 0.3) is 0 Å². The van der Waals surface area contributed by atoms with E-state index in [2.05, 4.69) is 29.0 Å². The molecule has 0 radical (unpaired) electrons. The van der Waals surface area contributed by atoms with Crippen molar-refractivity contribution in [2.45, 2.75) is 43.7 Å². The molecule has 0 spiro atoms. The standard InChI is InChI=1S/C24H26N2O3S2/c1-18-4-6-19(7-5-18)17-26(21-10-11-21)24(27)20-8-12-23(13-9-20)31(28,29)25-15-14-22-3-2-16-30-22/h2-9,12-13,16,21,25H,10-11,14-15,17H2,1H3. The second-order valence-electron chi connectivity index (χ2n) is 7.90. The molecule has 1 aliphatic rings. The van der Waals surface area contributed by atoms with Crippen molar-refractivity contribution in [3.8, 4) is 0 Å². The number of nitrogens with one attached hydrogen (secondary N) is 1. The van der Waals surface area contributed by atoms with Crippen molar-refractivity contribution < 1.29 is 13.2 Å². The summed E-state index contributed by atoms with van der Waals surface area (Å²) < 4.78 is 27.8. The number of thiophene rings is 1. The van der Waals surface area contributed by atoms with Crippen LogP contribution in [0, 0.1) is 6.92 Å². The predicted octanol–water partition coefficient (Wildman–Crippen LogP) is 4.38. The van der Waals surface area contributed by atoms with Crippen LogP contribution in [0.4, 0.5) is 0 Å². The number of carbonyl (C=O) groups is 1. The van der Waals surface area contributed by atoms with Crippen LogP contribution in [0.1, 0.15) is 39.2 Å². The first-order valence-electron chi connectivity index (χ1n) is 10.4. The molecule has 5 nitrogen and oxygen atoms in total. The van der Waals surface area contributed by atoms with Gasteiger partial charge in [0.2, 0.25) is 10.0 Å². The van der Waals surface area contributed by atoms with Crippen LogP contribution < -0.4 is 4.72 Å². The van der Waals surface area contributed by atoms with Crippen LogP contribution in [0.3, 0.4) is 0 Å². The van der Waals surface area contributed by atoms with E-state index >= 15 is 0 Å². The summed E-state index contributed by atoms with van der Waals surface area (Å²) in [5.74, 6) is -0.0577. The van der Waals surface area contributed by atoms with E-state index in [9.17, 15) is 13.2 Å². The van der Waals surface area contributed by atoms with Gasteiger partial charge in [-0.15, -0.1) is 11.3 Å². The molecule has 1 fully saturated rings. The molecule has 1 N–H and O–H groups in total. The average Bonchev–Trinajstić information content (AvgIpc) is 3.48. The fourth-order valence-electron chi connectivity index (χ4n) is 3.43. The summed E-state index contributed by atoms with van der Waals surface area (Å²) in [7, 11) is -3.60. The molecular weight excluding hydrogens is 428 g/mol. The monoisotopic (exact) mass is 454 g/mol. The van der Waals surface area contributed by atoms with Gasteiger partial charge in [-0.05, 0) is 67.5 Å². The molecule has 7 heteroatoms. The maximum atomic E-state index is 13.1. The lowest BCUT2D eigenvalue weighted by Crippen LogP contribution is -2.32. The number of hydrogen-bond donors (Lipinski definition) is 1. The second-order valence-corrected chi connectivity index (χ2v) is 10.7. The van der Waals surface area contributed by atoms with E-state index in [0.29, 0.717) is 25.1 Å². The molecule has 162 valence electrons. The topological polar surface area (TPSA) is 66.5 Å². The van der Waals surface area contributed by atoms with Crippen molar-refractivity contribution in [1.29, 1.82) is 0 Å². The summed E-state index contributed by atoms with van der Waals surface area (Å²) in [5, 5.41) is 1.98. The Labute approximate surface area is 187 Å². The molecule has 3 aromatic rings. The Hall–Kier alpha value is -2.48. The molecule has 4 rings (SSSR count). The number of aryl methyl sites for hydroxylation is 1. The number of carbonyl (C=O) groups excluding carboxylic acids is 1. The van der Waals surface area contributed by atoms with E-state index in [4.69, 9.17) is 0 Å². The SMILES string of the molecule is Cc1ccc(CN(C(=O)c2ccc(S(=O)(=O)NCCc3cccs3)cc2)C2CC2)cc1. The zero-order chi connectivity index (χ0) is 21.8. The molecule has 1 heterocycles. The third-order valence-electron chi connectivity index (χ3n) is 5.38. The highest BCUT2D eigenvalue weighted by Crippen LogP contribution is 2.30. The van der Waals surface area contributed by atoms with Crippen molar-refractivity contribution in [2.24, 2.45) is 0 Å². The highest BCUT2D eigenvalue weighted by atomic mass is 32.2. The molecule has 1 amide bonds. The van der Waals surface area contributed by atoms with Crippen LogP contribution in [0.15, 0.2) is 70.9 Å². The largest absolute Gasteiger partial charge is 0.331 e. The molecule has 0 atom stereocenters. The van der Waals surface area contributed by atoms with Crippen molar-refractivity contribution in [1.82, 2.24) is 9.62 Å². The molecule has 0 saturated heterocycles. The summed E-state index contributed by atoms with van der Waals surface area (Å²) in [6.45, 7) is 2.95. The minimum Gasteiger partial charge on any atom is -0.331 e. The van der Waals surface area contributed by atoms with Crippen LogP contribution in [-0.2, 0) is 23.0 Å². The summed E-state index contributed by atoms with van der Waals surface area (Å²) in [6, 6.07) is 18.7. The van der Waals surface area contributed by atoms with Crippen LogP contribution in [0.2, 0.25) is 0 Å². The van der Waals surface area contributed by atoms with Crippen molar-refractivity contribution in [3.05, 3.63) is 87.6 Å². The summed E-state index contributed by atoms with van der Waals surface area (Å²) >= 11 is 1.61. The first-order chi connectivity index (χ1) is 14.9. The minimum absolute atomic E-state index is 0.0577. The van der Waals surface area contributed by atoms with Crippen molar-refractivity contribution in [3.63, 3.8) is 0 Å². The van der Waals surface area contributed by atoms with Crippen molar-refractivity contribution >= 4 is 27.3 Å². The average molecular weight is 455 g/mol. The van der Waals surface area contributed by atoms with Crippen LogP contribution >= 0.6 is 11.3 Å². The van der Waals surface area contributed by atoms with Gasteiger partial charge in [0.25, 0.3) is 5.91 Å². The molecule has 0 aliphatic heterocycles. The Morgan fingerprint density at radius 2 is 1.77 bits per heavy atom. The fraction of sp³-hybridized carbons (Fsp3) is 0.292. The normalized spacial score (nSPS) is 13.8. The third kappa shape index (κ3) is 5.61. The second kappa shape index (κ2) is 9.34. The third-order valence-corrected chi connectivity index (χ3v) is 7.79. The minimum atomic E-state index is -3.60. The van der Waals surface area contributed by atoms with Gasteiger partial charge in [0.05, 0.1) is 4.90 Å². The van der Waals surface area contributed by atoms with Crippen molar-refractivity contribution in [2.75, 3.05) is 6.54 Å². The molecule has 0 unspecified atom stereocenters. The first kappa shape index (κ1) is 21.7. The van der Waals surface area contributed by atoms with Gasteiger partial charge in [-0.25, -0.2) is 13.1 Å². The lowest BCUT2D eigenvalue weighted by molar-refractivity contribution is 0.0730. The number of nitrogens with zero attached hydrogens (tertiary/aromatic N) is 1. The predicted molar refractivity (Wildman–Crippen MR) is 124 cm³/mol. The van der Waals surface area contributed by atoms with E-state index in [1.807, 2.05) is 29.3 Å². The Morgan fingerprint density at radius 3 is 2.39 bits per heavy atom. The number of benzene rings is 2. The molecule has 1 aromatic heterocycles. The zero-order valence-electron chi connectivity index (χ0n) is 17.5. The molecule has 1 saturated carbocycles. The van der Waals surface area contributed by atoms with E-state index in [0.717, 1.165) is 23.3 Å². The number of hydrogen-bond acceptors (Lipinski definition) is 4. The maximum absolute atomic E-state index is 13.1. The summed E-state index contributed by atoms with van der Waals surface area (Å²) in [4.78, 5) is 16.3. The molecule has 31 heavy (non-hydrogen) atoms. The molecule has 1 aliphatic carbocycles. The Morgan fingerprint density at radius 1 is 1.06 bits per heavy atom. The van der Waals surface area contributed by atoms with Gasteiger partial charge in [-0.1, -0.05) is 35.9 Å². The zero-order valence-corrected chi connectivity index (χ0v) is 19.1. The van der Waals surface area contributed by atoms with Gasteiger partial charge in [0.1, 0.15) is 0 Å². The van der Waals surface area contributed by atoms with E-state index in [1.54, 1.807) is 23.5 Å². The number of rotatable bonds is 9. The lowest BCUT2D eigenvalue weighted by atomic mass is 10.1. The highest BCUT2D eigenvalue weighted by Gasteiger charge is 2.33. The molecular formula is C24H26N2O3S2. The van der Waals surface area contributed by atoms with Gasteiger partial charge in [0.15, 0.2) is 0 Å². The van der Waals surface area contributed by atoms with Gasteiger partial charge < -0.3 is 4.90 Å². The Kier molecular flexibility index (Phi) is 6.55. The lowest BCUT2D eigenvalue weighted by Gasteiger charge is -2.23. The first-order valence-corrected chi connectivity index (χ1v) is 12.8. The van der Waals surface area contributed by atoms with E-state index in [-0.39, 0.29) is 16.8 Å². The van der Waals surface area contributed by atoms with E-state index < -0.39 is 10.0 Å². The van der Waals surface area contributed by atoms with Gasteiger partial charge in [-0.3, -0.25) is 4.79 Å². The number of amides is 1. The molecule has 2 aromatic carbocycles. The highest BCUT2D eigenvalue weighted by molar-refractivity contribution is 7.89. The Bertz CT molecular complexity index is 1120. The van der Waals surface area contributed by atoms with E-state index in [1.165, 1.54) is 17.7 Å². The summed E-state index contributed by atoms with van der Waals surface area (Å²) in [6.07, 6.45) is 2.68.